The molecule has 0 saturated heterocycles. The van der Waals surface area contributed by atoms with Gasteiger partial charge >= 0.3 is 15.2 Å². The van der Waals surface area contributed by atoms with Crippen molar-refractivity contribution in [1.82, 2.24) is 0 Å². The Balaban J connectivity index is 0. The van der Waals surface area contributed by atoms with Crippen molar-refractivity contribution in [3.63, 3.8) is 0 Å². The minimum absolute atomic E-state index is 0.0394. The first-order chi connectivity index (χ1) is 14.3. The first-order valence-electron chi connectivity index (χ1n) is 11.7. The van der Waals surface area contributed by atoms with Crippen LogP contribution in [0.4, 0.5) is 0 Å². The molecule has 0 atom stereocenters. The summed E-state index contributed by atoms with van der Waals surface area (Å²) in [6.45, 7) is 15.0. The van der Waals surface area contributed by atoms with E-state index in [-0.39, 0.29) is 13.0 Å². The first kappa shape index (κ1) is 33.4. The number of hydrogen-bond donors (Lipinski definition) is 6. The molecular weight excluding hydrogens is 442 g/mol. The molecule has 190 valence electrons. The van der Waals surface area contributed by atoms with E-state index in [1.165, 1.54) is 82.0 Å². The highest BCUT2D eigenvalue weighted by Gasteiger charge is 2.58. The molecule has 31 heavy (non-hydrogen) atoms. The molecule has 0 saturated carbocycles. The molecule has 0 bridgehead atoms. The highest BCUT2D eigenvalue weighted by Crippen LogP contribution is 2.69. The Morgan fingerprint density at radius 2 is 0.968 bits per heavy atom. The van der Waals surface area contributed by atoms with Crippen LogP contribution in [-0.4, -0.2) is 67.0 Å². The quantitative estimate of drug-likeness (QED) is 0.132. The molecule has 0 aromatic rings. The van der Waals surface area contributed by atoms with E-state index in [1.807, 2.05) is 0 Å². The van der Waals surface area contributed by atoms with Crippen LogP contribution >= 0.6 is 15.2 Å². The molecule has 0 aliphatic rings. The maximum absolute atomic E-state index is 10.7. The summed E-state index contributed by atoms with van der Waals surface area (Å²) < 4.78 is 22.9. The molecule has 0 aromatic heterocycles. The van der Waals surface area contributed by atoms with Crippen LogP contribution in [0, 0.1) is 0 Å². The molecule has 0 aromatic carbocycles. The third kappa shape index (κ3) is 12.9. The number of quaternary nitrogens is 1. The lowest BCUT2D eigenvalue weighted by molar-refractivity contribution is -0.929. The molecule has 0 amide bonds. The molecule has 9 nitrogen and oxygen atoms in total. The molecule has 0 fully saturated rings. The first-order valence-corrected chi connectivity index (χ1v) is 14.9. The van der Waals surface area contributed by atoms with Gasteiger partial charge in [0, 0.05) is 6.42 Å². The molecular formula is C20H49N2O7P2+. The lowest BCUT2D eigenvalue weighted by Gasteiger charge is -2.39. The minimum atomic E-state index is -5.30. The standard InChI is InChI=1S/C16H36N.C4H13NO7P2/c1-5-9-13-17(14-10-6-2,15-11-7-3)16-12-8-4;5-3-1-2-4(6,13(7,8)9)14(10,11)12/h5-16H2,1-4H3;6H,1-3,5H2,(H2,7,8,9)(H2,10,11,12)/q+1;. The Labute approximate surface area is 189 Å². The van der Waals surface area contributed by atoms with Crippen molar-refractivity contribution < 1.29 is 38.3 Å². The second kappa shape index (κ2) is 16.7. The highest BCUT2D eigenvalue weighted by atomic mass is 31.2. The summed E-state index contributed by atoms with van der Waals surface area (Å²) in [4.78, 5) is 34.5. The zero-order chi connectivity index (χ0) is 24.6. The Bertz CT molecular complexity index is 478. The SMILES string of the molecule is CCCC[N+](CCCC)(CCCC)CCCC.NCCCC(O)(P(=O)(O)O)P(=O)(O)O. The lowest BCUT2D eigenvalue weighted by atomic mass is 10.1. The summed E-state index contributed by atoms with van der Waals surface area (Å²) in [5, 5.41) is 5.91. The smallest absolute Gasteiger partial charge is 0.368 e. The number of rotatable bonds is 17. The Morgan fingerprint density at radius 1 is 0.677 bits per heavy atom. The van der Waals surface area contributed by atoms with Crippen LogP contribution in [0.2, 0.25) is 0 Å². The van der Waals surface area contributed by atoms with Gasteiger partial charge in [-0.1, -0.05) is 53.4 Å². The molecule has 0 heterocycles. The van der Waals surface area contributed by atoms with Crippen LogP contribution < -0.4 is 5.73 Å². The molecule has 0 aliphatic heterocycles. The number of nitrogens with zero attached hydrogens (tertiary/aromatic N) is 1. The molecule has 0 spiro atoms. The van der Waals surface area contributed by atoms with Crippen LogP contribution in [0.5, 0.6) is 0 Å². The molecule has 11 heteroatoms. The van der Waals surface area contributed by atoms with E-state index in [4.69, 9.17) is 25.3 Å². The Hall–Kier alpha value is 0.180. The van der Waals surface area contributed by atoms with E-state index in [9.17, 15) is 14.2 Å². The summed E-state index contributed by atoms with van der Waals surface area (Å²) in [6.07, 6.45) is 10.2. The van der Waals surface area contributed by atoms with E-state index in [0.29, 0.717) is 0 Å². The molecule has 0 aliphatic carbocycles. The van der Waals surface area contributed by atoms with Crippen molar-refractivity contribution in [1.29, 1.82) is 0 Å². The number of unbranched alkanes of at least 4 members (excludes halogenated alkanes) is 4. The van der Waals surface area contributed by atoms with Crippen molar-refractivity contribution in [3.05, 3.63) is 0 Å². The van der Waals surface area contributed by atoms with E-state index >= 15 is 0 Å². The third-order valence-electron chi connectivity index (χ3n) is 5.59. The fourth-order valence-corrected chi connectivity index (χ4v) is 5.70. The van der Waals surface area contributed by atoms with Crippen molar-refractivity contribution in [2.75, 3.05) is 32.7 Å². The van der Waals surface area contributed by atoms with Gasteiger partial charge in [0.2, 0.25) is 0 Å². The maximum Gasteiger partial charge on any atom is 0.369 e. The van der Waals surface area contributed by atoms with Gasteiger partial charge in [0.25, 0.3) is 5.08 Å². The predicted octanol–water partition coefficient (Wildman–Crippen LogP) is 3.73. The highest BCUT2D eigenvalue weighted by molar-refractivity contribution is 7.72. The maximum atomic E-state index is 10.7. The Morgan fingerprint density at radius 3 is 1.16 bits per heavy atom. The zero-order valence-corrected chi connectivity index (χ0v) is 21.9. The molecule has 0 unspecified atom stereocenters. The van der Waals surface area contributed by atoms with E-state index < -0.39 is 26.7 Å². The van der Waals surface area contributed by atoms with Gasteiger partial charge in [0.05, 0.1) is 26.2 Å². The molecule has 7 N–H and O–H groups in total. The predicted molar refractivity (Wildman–Crippen MR) is 127 cm³/mol. The lowest BCUT2D eigenvalue weighted by Crippen LogP contribution is -2.50. The second-order valence-corrected chi connectivity index (χ2v) is 12.4. The third-order valence-corrected chi connectivity index (χ3v) is 9.47. The van der Waals surface area contributed by atoms with Gasteiger partial charge in [0.15, 0.2) is 0 Å². The fourth-order valence-electron chi connectivity index (χ4n) is 3.45. The monoisotopic (exact) mass is 491 g/mol. The van der Waals surface area contributed by atoms with Crippen LogP contribution in [0.1, 0.15) is 91.9 Å². The van der Waals surface area contributed by atoms with E-state index in [1.54, 1.807) is 0 Å². The van der Waals surface area contributed by atoms with Gasteiger partial charge in [-0.05, 0) is 38.6 Å². The fraction of sp³-hybridized carbons (Fsp3) is 1.00. The zero-order valence-electron chi connectivity index (χ0n) is 20.1. The average molecular weight is 492 g/mol. The number of aliphatic hydroxyl groups is 1. The summed E-state index contributed by atoms with van der Waals surface area (Å²) in [5.41, 5.74) is 5.01. The second-order valence-electron chi connectivity index (χ2n) is 8.40. The minimum Gasteiger partial charge on any atom is -0.368 e. The topological polar surface area (TPSA) is 161 Å². The van der Waals surface area contributed by atoms with Crippen LogP contribution in [0.25, 0.3) is 0 Å². The van der Waals surface area contributed by atoms with Gasteiger partial charge in [-0.25, -0.2) is 0 Å². The van der Waals surface area contributed by atoms with Crippen LogP contribution in [0.3, 0.4) is 0 Å². The van der Waals surface area contributed by atoms with Crippen molar-refractivity contribution in [3.8, 4) is 0 Å². The summed E-state index contributed by atoms with van der Waals surface area (Å²) in [7, 11) is -10.6. The van der Waals surface area contributed by atoms with E-state index in [0.717, 1.165) is 0 Å². The number of nitrogens with two attached hydrogens (primary N) is 1. The molecule has 0 rings (SSSR count). The van der Waals surface area contributed by atoms with Crippen molar-refractivity contribution >= 4 is 15.2 Å². The van der Waals surface area contributed by atoms with Gasteiger partial charge in [-0.3, -0.25) is 9.13 Å². The van der Waals surface area contributed by atoms with E-state index in [2.05, 4.69) is 27.7 Å². The van der Waals surface area contributed by atoms with Crippen molar-refractivity contribution in [2.24, 2.45) is 5.73 Å². The van der Waals surface area contributed by atoms with Crippen LogP contribution in [-0.2, 0) is 9.13 Å². The van der Waals surface area contributed by atoms with Gasteiger partial charge < -0.3 is 34.9 Å². The average Bonchev–Trinajstić information content (AvgIpc) is 2.69. The van der Waals surface area contributed by atoms with Gasteiger partial charge in [-0.2, -0.15) is 0 Å². The largest absolute Gasteiger partial charge is 0.369 e. The summed E-state index contributed by atoms with van der Waals surface area (Å²) in [6, 6.07) is 0. The van der Waals surface area contributed by atoms with Gasteiger partial charge in [0.1, 0.15) is 0 Å². The normalized spacial score (nSPS) is 13.1. The molecule has 0 radical (unpaired) electrons. The summed E-state index contributed by atoms with van der Waals surface area (Å²) >= 11 is 0. The summed E-state index contributed by atoms with van der Waals surface area (Å²) in [5.74, 6) is 0. The van der Waals surface area contributed by atoms with Crippen LogP contribution in [0.15, 0.2) is 0 Å². The van der Waals surface area contributed by atoms with Crippen molar-refractivity contribution in [2.45, 2.75) is 97.0 Å². The number of hydrogen-bond acceptors (Lipinski definition) is 4. The Kier molecular flexibility index (Phi) is 18.0. The van der Waals surface area contributed by atoms with Gasteiger partial charge in [-0.15, -0.1) is 0 Å².